The summed E-state index contributed by atoms with van der Waals surface area (Å²) in [5.74, 6) is 2.23. The minimum atomic E-state index is 0.697. The van der Waals surface area contributed by atoms with Crippen LogP contribution >= 0.6 is 0 Å². The molecule has 0 aliphatic heterocycles. The van der Waals surface area contributed by atoms with E-state index in [0.717, 1.165) is 22.1 Å². The van der Waals surface area contributed by atoms with Crippen LogP contribution in [0.2, 0.25) is 0 Å². The van der Waals surface area contributed by atoms with Crippen LogP contribution in [-0.4, -0.2) is 14.2 Å². The molecule has 0 saturated carbocycles. The Bertz CT molecular complexity index is 736. The number of benzene rings is 2. The molecule has 0 saturated heterocycles. The Balaban J connectivity index is 2.16. The SMILES string of the molecule is COc1cc2c[o+]c(-c3ccccc3)cc2cc1OC. The zero-order valence-corrected chi connectivity index (χ0v) is 11.4. The Morgan fingerprint density at radius 1 is 0.800 bits per heavy atom. The third kappa shape index (κ3) is 2.18. The van der Waals surface area contributed by atoms with Crippen molar-refractivity contribution in [3.8, 4) is 22.8 Å². The van der Waals surface area contributed by atoms with Crippen LogP contribution < -0.4 is 9.47 Å². The highest BCUT2D eigenvalue weighted by Gasteiger charge is 2.15. The van der Waals surface area contributed by atoms with Crippen LogP contribution in [0.15, 0.2) is 59.2 Å². The van der Waals surface area contributed by atoms with Gasteiger partial charge in [0.25, 0.3) is 0 Å². The van der Waals surface area contributed by atoms with Gasteiger partial charge in [0.05, 0.1) is 31.2 Å². The second-order valence-electron chi connectivity index (χ2n) is 4.45. The summed E-state index contributed by atoms with van der Waals surface area (Å²) in [4.78, 5) is 0. The molecule has 20 heavy (non-hydrogen) atoms. The fourth-order valence-electron chi connectivity index (χ4n) is 2.19. The largest absolute Gasteiger partial charge is 0.493 e. The van der Waals surface area contributed by atoms with Gasteiger partial charge in [-0.05, 0) is 18.2 Å². The number of hydrogen-bond donors (Lipinski definition) is 0. The second-order valence-corrected chi connectivity index (χ2v) is 4.45. The summed E-state index contributed by atoms with van der Waals surface area (Å²) < 4.78 is 16.3. The van der Waals surface area contributed by atoms with Gasteiger partial charge in [0.1, 0.15) is 0 Å². The van der Waals surface area contributed by atoms with Crippen LogP contribution in [-0.2, 0) is 0 Å². The predicted molar refractivity (Wildman–Crippen MR) is 79.2 cm³/mol. The first-order chi connectivity index (χ1) is 9.81. The van der Waals surface area contributed by atoms with Gasteiger partial charge in [-0.3, -0.25) is 0 Å². The van der Waals surface area contributed by atoms with E-state index in [-0.39, 0.29) is 0 Å². The summed E-state index contributed by atoms with van der Waals surface area (Å²) >= 11 is 0. The van der Waals surface area contributed by atoms with E-state index < -0.39 is 0 Å². The van der Waals surface area contributed by atoms with E-state index >= 15 is 0 Å². The average Bonchev–Trinajstić information content (AvgIpc) is 2.53. The van der Waals surface area contributed by atoms with Crippen LogP contribution in [0.1, 0.15) is 0 Å². The lowest BCUT2D eigenvalue weighted by Gasteiger charge is -2.07. The summed E-state index contributed by atoms with van der Waals surface area (Å²) in [6.07, 6.45) is 1.74. The standard InChI is InChI=1S/C17H15O3/c1-18-16-9-13-8-15(12-6-4-3-5-7-12)20-11-14(13)10-17(16)19-2/h3-11H,1-2H3/q+1. The molecule has 3 heteroatoms. The van der Waals surface area contributed by atoms with Crippen molar-refractivity contribution in [1.82, 2.24) is 0 Å². The Morgan fingerprint density at radius 2 is 1.45 bits per heavy atom. The predicted octanol–water partition coefficient (Wildman–Crippen LogP) is 4.40. The summed E-state index contributed by atoms with van der Waals surface area (Å²) in [6.45, 7) is 0. The van der Waals surface area contributed by atoms with Gasteiger partial charge in [-0.1, -0.05) is 18.2 Å². The van der Waals surface area contributed by atoms with Gasteiger partial charge in [-0.15, -0.1) is 0 Å². The van der Waals surface area contributed by atoms with E-state index in [1.165, 1.54) is 0 Å². The molecule has 100 valence electrons. The first-order valence-corrected chi connectivity index (χ1v) is 6.35. The van der Waals surface area contributed by atoms with E-state index in [2.05, 4.69) is 0 Å². The lowest BCUT2D eigenvalue weighted by atomic mass is 10.1. The summed E-state index contributed by atoms with van der Waals surface area (Å²) in [6, 6.07) is 15.9. The maximum atomic E-state index is 5.70. The van der Waals surface area contributed by atoms with E-state index in [1.807, 2.05) is 48.5 Å². The molecular weight excluding hydrogens is 252 g/mol. The van der Waals surface area contributed by atoms with Crippen molar-refractivity contribution in [1.29, 1.82) is 0 Å². The molecule has 0 bridgehead atoms. The number of ether oxygens (including phenoxy) is 2. The molecule has 3 rings (SSSR count). The summed E-state index contributed by atoms with van der Waals surface area (Å²) in [5.41, 5.74) is 1.05. The highest BCUT2D eigenvalue weighted by atomic mass is 16.5. The second kappa shape index (κ2) is 5.21. The van der Waals surface area contributed by atoms with Crippen molar-refractivity contribution in [3.05, 3.63) is 54.8 Å². The van der Waals surface area contributed by atoms with E-state index in [9.17, 15) is 0 Å². The molecule has 0 spiro atoms. The van der Waals surface area contributed by atoms with E-state index in [1.54, 1.807) is 20.5 Å². The van der Waals surface area contributed by atoms with Crippen LogP contribution in [0, 0.1) is 0 Å². The summed E-state index contributed by atoms with van der Waals surface area (Å²) in [5, 5.41) is 2.02. The normalized spacial score (nSPS) is 10.5. The van der Waals surface area contributed by atoms with Gasteiger partial charge in [0, 0.05) is 11.5 Å². The third-order valence-corrected chi connectivity index (χ3v) is 3.25. The molecule has 0 aliphatic rings. The smallest absolute Gasteiger partial charge is 0.360 e. The van der Waals surface area contributed by atoms with E-state index in [4.69, 9.17) is 13.9 Å². The Hall–Kier alpha value is -2.55. The van der Waals surface area contributed by atoms with E-state index in [0.29, 0.717) is 11.5 Å². The van der Waals surface area contributed by atoms with Gasteiger partial charge in [0.2, 0.25) is 0 Å². The van der Waals surface area contributed by atoms with Gasteiger partial charge in [0.15, 0.2) is 11.5 Å². The topological polar surface area (TPSA) is 29.8 Å². The maximum Gasteiger partial charge on any atom is 0.360 e. The fourth-order valence-corrected chi connectivity index (χ4v) is 2.19. The van der Waals surface area contributed by atoms with Crippen LogP contribution in [0.5, 0.6) is 11.5 Å². The number of rotatable bonds is 3. The maximum absolute atomic E-state index is 5.70. The zero-order valence-electron chi connectivity index (χ0n) is 11.4. The Morgan fingerprint density at radius 3 is 2.10 bits per heavy atom. The molecule has 0 amide bonds. The van der Waals surface area contributed by atoms with Gasteiger partial charge >= 0.3 is 12.0 Å². The molecule has 1 heterocycles. The van der Waals surface area contributed by atoms with Crippen molar-refractivity contribution < 1.29 is 13.9 Å². The first kappa shape index (κ1) is 12.5. The minimum absolute atomic E-state index is 0.697. The van der Waals surface area contributed by atoms with Crippen LogP contribution in [0.3, 0.4) is 0 Å². The van der Waals surface area contributed by atoms with Gasteiger partial charge < -0.3 is 9.47 Å². The van der Waals surface area contributed by atoms with Crippen molar-refractivity contribution in [2.45, 2.75) is 0 Å². The van der Waals surface area contributed by atoms with Gasteiger partial charge in [-0.2, -0.15) is 0 Å². The molecule has 3 nitrogen and oxygen atoms in total. The molecule has 0 fully saturated rings. The fraction of sp³-hybridized carbons (Fsp3) is 0.118. The van der Waals surface area contributed by atoms with Crippen molar-refractivity contribution >= 4 is 10.8 Å². The third-order valence-electron chi connectivity index (χ3n) is 3.25. The number of hydrogen-bond acceptors (Lipinski definition) is 2. The lowest BCUT2D eigenvalue weighted by molar-refractivity contribution is 0.355. The van der Waals surface area contributed by atoms with Crippen molar-refractivity contribution in [3.63, 3.8) is 0 Å². The molecule has 0 aliphatic carbocycles. The molecule has 2 aromatic carbocycles. The van der Waals surface area contributed by atoms with Crippen molar-refractivity contribution in [2.24, 2.45) is 0 Å². The highest BCUT2D eigenvalue weighted by molar-refractivity contribution is 5.87. The van der Waals surface area contributed by atoms with Gasteiger partial charge in [-0.25, -0.2) is 4.42 Å². The molecule has 3 aromatic rings. The van der Waals surface area contributed by atoms with Crippen molar-refractivity contribution in [2.75, 3.05) is 14.2 Å². The number of fused-ring (bicyclic) bond motifs is 1. The molecule has 0 N–H and O–H groups in total. The molecule has 0 radical (unpaired) electrons. The quantitative estimate of drug-likeness (QED) is 0.659. The lowest BCUT2D eigenvalue weighted by Crippen LogP contribution is -1.90. The minimum Gasteiger partial charge on any atom is -0.493 e. The molecular formula is C17H15O3+. The zero-order chi connectivity index (χ0) is 13.9. The highest BCUT2D eigenvalue weighted by Crippen LogP contribution is 2.34. The van der Waals surface area contributed by atoms with Crippen LogP contribution in [0.4, 0.5) is 0 Å². The monoisotopic (exact) mass is 267 g/mol. The summed E-state index contributed by atoms with van der Waals surface area (Å²) in [7, 11) is 3.26. The number of methoxy groups -OCH3 is 2. The van der Waals surface area contributed by atoms with Crippen LogP contribution in [0.25, 0.3) is 22.1 Å². The molecule has 0 unspecified atom stereocenters. The molecule has 1 aromatic heterocycles. The Labute approximate surface area is 117 Å². The molecule has 0 atom stereocenters. The Kier molecular flexibility index (Phi) is 3.25. The average molecular weight is 267 g/mol. The first-order valence-electron chi connectivity index (χ1n) is 6.35.